The Balaban J connectivity index is 1.76. The van der Waals surface area contributed by atoms with E-state index in [1.807, 2.05) is 6.07 Å². The van der Waals surface area contributed by atoms with Crippen LogP contribution < -0.4 is 4.74 Å². The minimum atomic E-state index is -0.791. The molecular formula is C20H20BrClF2N2O3. The van der Waals surface area contributed by atoms with E-state index in [1.165, 1.54) is 0 Å². The molecule has 0 N–H and O–H groups in total. The van der Waals surface area contributed by atoms with Crippen LogP contribution in [0.15, 0.2) is 22.7 Å². The van der Waals surface area contributed by atoms with Crippen molar-refractivity contribution in [3.05, 3.63) is 56.1 Å². The summed E-state index contributed by atoms with van der Waals surface area (Å²) in [5, 5.41) is -0.0286. The van der Waals surface area contributed by atoms with Crippen molar-refractivity contribution < 1.29 is 23.0 Å². The van der Waals surface area contributed by atoms with E-state index >= 15 is 0 Å². The Kier molecular flexibility index (Phi) is 6.33. The lowest BCUT2D eigenvalue weighted by Gasteiger charge is -2.31. The Bertz CT molecular complexity index is 927. The van der Waals surface area contributed by atoms with Gasteiger partial charge in [0.25, 0.3) is 0 Å². The molecule has 0 unspecified atom stereocenters. The first-order valence-corrected chi connectivity index (χ1v) is 10.1. The summed E-state index contributed by atoms with van der Waals surface area (Å²) in [6.45, 7) is 5.83. The number of ether oxygens (including phenoxy) is 2. The monoisotopic (exact) mass is 488 g/mol. The zero-order valence-electron chi connectivity index (χ0n) is 16.2. The van der Waals surface area contributed by atoms with E-state index < -0.39 is 23.3 Å². The molecule has 29 heavy (non-hydrogen) atoms. The molecule has 1 aromatic carbocycles. The molecule has 1 aromatic heterocycles. The van der Waals surface area contributed by atoms with Gasteiger partial charge in [-0.25, -0.2) is 18.6 Å². The number of fused-ring (bicyclic) bond motifs is 1. The molecule has 0 fully saturated rings. The van der Waals surface area contributed by atoms with Crippen molar-refractivity contribution in [1.29, 1.82) is 0 Å². The Morgan fingerprint density at radius 3 is 2.55 bits per heavy atom. The second-order valence-electron chi connectivity index (χ2n) is 7.67. The van der Waals surface area contributed by atoms with Gasteiger partial charge in [-0.05, 0) is 66.9 Å². The number of aromatic nitrogens is 1. The Hall–Kier alpha value is -1.93. The number of benzene rings is 1. The van der Waals surface area contributed by atoms with E-state index in [1.54, 1.807) is 25.7 Å². The first-order valence-electron chi connectivity index (χ1n) is 8.96. The van der Waals surface area contributed by atoms with Crippen LogP contribution in [0, 0.1) is 11.6 Å². The Morgan fingerprint density at radius 2 is 1.93 bits per heavy atom. The second-order valence-corrected chi connectivity index (χ2v) is 8.96. The average Bonchev–Trinajstić information content (AvgIpc) is 2.59. The molecule has 1 aliphatic heterocycles. The second kappa shape index (κ2) is 8.44. The van der Waals surface area contributed by atoms with Crippen LogP contribution in [0.2, 0.25) is 5.02 Å². The predicted octanol–water partition coefficient (Wildman–Crippen LogP) is 5.65. The van der Waals surface area contributed by atoms with Gasteiger partial charge in [0.2, 0.25) is 5.88 Å². The third-order valence-electron chi connectivity index (χ3n) is 4.21. The molecule has 2 heterocycles. The van der Waals surface area contributed by atoms with Crippen molar-refractivity contribution in [3.63, 3.8) is 0 Å². The summed E-state index contributed by atoms with van der Waals surface area (Å²) >= 11 is 9.02. The lowest BCUT2D eigenvalue weighted by molar-refractivity contribution is 0.0220. The standard InChI is InChI=1S/C20H20BrClF2N2O3/c1-20(2,3)29-19(27)26-5-4-11-6-14(21)18(25-17(11)9-26)28-10-13-15(23)7-12(22)8-16(13)24/h6-8H,4-5,9-10H2,1-3H3. The molecule has 0 saturated heterocycles. The van der Waals surface area contributed by atoms with Gasteiger partial charge < -0.3 is 14.4 Å². The summed E-state index contributed by atoms with van der Waals surface area (Å²) in [6, 6.07) is 3.90. The smallest absolute Gasteiger partial charge is 0.410 e. The summed E-state index contributed by atoms with van der Waals surface area (Å²) in [5.74, 6) is -1.40. The minimum Gasteiger partial charge on any atom is -0.472 e. The largest absolute Gasteiger partial charge is 0.472 e. The normalized spacial score (nSPS) is 13.8. The molecule has 1 amide bonds. The van der Waals surface area contributed by atoms with E-state index in [0.717, 1.165) is 17.7 Å². The van der Waals surface area contributed by atoms with Crippen molar-refractivity contribution >= 4 is 33.6 Å². The van der Waals surface area contributed by atoms with Gasteiger partial charge in [0.1, 0.15) is 23.8 Å². The molecule has 9 heteroatoms. The zero-order valence-corrected chi connectivity index (χ0v) is 18.5. The Morgan fingerprint density at radius 1 is 1.28 bits per heavy atom. The predicted molar refractivity (Wildman–Crippen MR) is 108 cm³/mol. The number of rotatable bonds is 3. The van der Waals surface area contributed by atoms with Gasteiger partial charge in [-0.1, -0.05) is 11.6 Å². The first kappa shape index (κ1) is 21.8. The molecule has 0 bridgehead atoms. The highest BCUT2D eigenvalue weighted by Crippen LogP contribution is 2.30. The molecule has 2 aromatic rings. The third-order valence-corrected chi connectivity index (χ3v) is 5.00. The molecule has 0 radical (unpaired) electrons. The van der Waals surface area contributed by atoms with E-state index in [-0.39, 0.29) is 29.6 Å². The van der Waals surface area contributed by atoms with Crippen molar-refractivity contribution in [2.24, 2.45) is 0 Å². The van der Waals surface area contributed by atoms with Crippen LogP contribution in [-0.4, -0.2) is 28.1 Å². The average molecular weight is 490 g/mol. The van der Waals surface area contributed by atoms with Crippen LogP contribution in [0.25, 0.3) is 0 Å². The fourth-order valence-electron chi connectivity index (χ4n) is 2.85. The molecule has 0 spiro atoms. The fraction of sp³-hybridized carbons (Fsp3) is 0.400. The molecule has 156 valence electrons. The van der Waals surface area contributed by atoms with Crippen molar-refractivity contribution in [1.82, 2.24) is 9.88 Å². The van der Waals surface area contributed by atoms with Crippen LogP contribution >= 0.6 is 27.5 Å². The molecule has 0 saturated carbocycles. The number of hydrogen-bond acceptors (Lipinski definition) is 4. The molecule has 0 aliphatic carbocycles. The third kappa shape index (κ3) is 5.36. The van der Waals surface area contributed by atoms with Gasteiger partial charge in [0.05, 0.1) is 22.3 Å². The van der Waals surface area contributed by atoms with E-state index in [9.17, 15) is 13.6 Å². The van der Waals surface area contributed by atoms with Gasteiger partial charge in [0, 0.05) is 11.6 Å². The number of pyridine rings is 1. The highest BCUT2D eigenvalue weighted by Gasteiger charge is 2.27. The number of carbonyl (C=O) groups is 1. The number of halogens is 4. The summed E-state index contributed by atoms with van der Waals surface area (Å²) in [6.07, 6.45) is 0.196. The number of amides is 1. The maximum Gasteiger partial charge on any atom is 0.410 e. The summed E-state index contributed by atoms with van der Waals surface area (Å²) in [5.41, 5.74) is 0.785. The first-order chi connectivity index (χ1) is 13.5. The van der Waals surface area contributed by atoms with E-state index in [0.29, 0.717) is 23.1 Å². The summed E-state index contributed by atoms with van der Waals surface area (Å²) in [7, 11) is 0. The van der Waals surface area contributed by atoms with Crippen molar-refractivity contribution in [2.45, 2.75) is 45.9 Å². The van der Waals surface area contributed by atoms with Crippen LogP contribution in [0.1, 0.15) is 37.6 Å². The SMILES string of the molecule is CC(C)(C)OC(=O)N1CCc2cc(Br)c(OCc3c(F)cc(Cl)cc3F)nc2C1. The van der Waals surface area contributed by atoms with Gasteiger partial charge in [0.15, 0.2) is 0 Å². The number of carbonyl (C=O) groups excluding carboxylic acids is 1. The van der Waals surface area contributed by atoms with Crippen molar-refractivity contribution in [3.8, 4) is 5.88 Å². The van der Waals surface area contributed by atoms with Crippen molar-refractivity contribution in [2.75, 3.05) is 6.54 Å². The summed E-state index contributed by atoms with van der Waals surface area (Å²) in [4.78, 5) is 18.3. The lowest BCUT2D eigenvalue weighted by atomic mass is 10.1. The lowest BCUT2D eigenvalue weighted by Crippen LogP contribution is -2.40. The van der Waals surface area contributed by atoms with E-state index in [4.69, 9.17) is 21.1 Å². The van der Waals surface area contributed by atoms with Crippen LogP contribution in [-0.2, 0) is 24.3 Å². The fourth-order valence-corrected chi connectivity index (χ4v) is 3.52. The van der Waals surface area contributed by atoms with Gasteiger partial charge in [-0.2, -0.15) is 0 Å². The maximum atomic E-state index is 14.0. The maximum absolute atomic E-state index is 14.0. The van der Waals surface area contributed by atoms with E-state index in [2.05, 4.69) is 20.9 Å². The topological polar surface area (TPSA) is 51.7 Å². The summed E-state index contributed by atoms with van der Waals surface area (Å²) < 4.78 is 39.5. The Labute approximate surface area is 181 Å². The minimum absolute atomic E-state index is 0.0286. The quantitative estimate of drug-likeness (QED) is 0.559. The number of hydrogen-bond donors (Lipinski definition) is 0. The van der Waals surface area contributed by atoms with Gasteiger partial charge >= 0.3 is 6.09 Å². The van der Waals surface area contributed by atoms with Gasteiger partial charge in [-0.15, -0.1) is 0 Å². The molecule has 3 rings (SSSR count). The highest BCUT2D eigenvalue weighted by atomic mass is 79.9. The number of nitrogens with zero attached hydrogens (tertiary/aromatic N) is 2. The highest BCUT2D eigenvalue weighted by molar-refractivity contribution is 9.10. The van der Waals surface area contributed by atoms with Crippen LogP contribution in [0.4, 0.5) is 13.6 Å². The zero-order chi connectivity index (χ0) is 21.3. The van der Waals surface area contributed by atoms with Gasteiger partial charge in [-0.3, -0.25) is 0 Å². The molecule has 0 atom stereocenters. The molecule has 5 nitrogen and oxygen atoms in total. The molecular weight excluding hydrogens is 470 g/mol. The van der Waals surface area contributed by atoms with Crippen LogP contribution in [0.5, 0.6) is 5.88 Å². The molecule has 1 aliphatic rings. The van der Waals surface area contributed by atoms with Crippen LogP contribution in [0.3, 0.4) is 0 Å².